The molecule has 0 aliphatic carbocycles. The van der Waals surface area contributed by atoms with Crippen molar-refractivity contribution >= 4 is 70.5 Å². The Kier molecular flexibility index (Phi) is 6.03. The van der Waals surface area contributed by atoms with Crippen LogP contribution in [0.3, 0.4) is 0 Å². The lowest BCUT2D eigenvalue weighted by atomic mass is 9.98. The molecule has 0 atom stereocenters. The third kappa shape index (κ3) is 4.24. The van der Waals surface area contributed by atoms with E-state index in [1.54, 1.807) is 0 Å². The third-order valence-corrected chi connectivity index (χ3v) is 9.88. The van der Waals surface area contributed by atoms with Crippen molar-refractivity contribution in [1.82, 2.24) is 0 Å². The summed E-state index contributed by atoms with van der Waals surface area (Å²) in [5.74, 6) is 0. The topological polar surface area (TPSA) is 16.4 Å². The van der Waals surface area contributed by atoms with E-state index in [4.69, 9.17) is 4.42 Å². The van der Waals surface area contributed by atoms with Crippen LogP contribution >= 0.6 is 11.3 Å². The lowest BCUT2D eigenvalue weighted by Crippen LogP contribution is -2.10. The molecule has 9 aromatic rings. The van der Waals surface area contributed by atoms with Crippen LogP contribution < -0.4 is 4.90 Å². The van der Waals surface area contributed by atoms with Crippen molar-refractivity contribution in [2.75, 3.05) is 4.90 Å². The van der Waals surface area contributed by atoms with E-state index in [9.17, 15) is 0 Å². The fourth-order valence-corrected chi connectivity index (χ4v) is 7.83. The van der Waals surface area contributed by atoms with Crippen molar-refractivity contribution in [3.05, 3.63) is 164 Å². The van der Waals surface area contributed by atoms with E-state index in [0.717, 1.165) is 39.0 Å². The maximum atomic E-state index is 6.63. The summed E-state index contributed by atoms with van der Waals surface area (Å²) in [4.78, 5) is 2.38. The monoisotopic (exact) mass is 593 g/mol. The number of hydrogen-bond donors (Lipinski definition) is 0. The van der Waals surface area contributed by atoms with E-state index >= 15 is 0 Å². The molecule has 0 spiro atoms. The molecule has 9 rings (SSSR count). The molecule has 0 radical (unpaired) electrons. The highest BCUT2D eigenvalue weighted by atomic mass is 32.1. The first-order valence-corrected chi connectivity index (χ1v) is 16.0. The Morgan fingerprint density at radius 3 is 1.89 bits per heavy atom. The smallest absolute Gasteiger partial charge is 0.159 e. The summed E-state index contributed by atoms with van der Waals surface area (Å²) < 4.78 is 9.15. The summed E-state index contributed by atoms with van der Waals surface area (Å²) >= 11 is 1.85. The number of furan rings is 1. The highest BCUT2D eigenvalue weighted by Gasteiger charge is 2.23. The van der Waals surface area contributed by atoms with Crippen LogP contribution in [0.4, 0.5) is 17.1 Å². The summed E-state index contributed by atoms with van der Waals surface area (Å²) in [5, 5.41) is 4.80. The van der Waals surface area contributed by atoms with E-state index in [2.05, 4.69) is 163 Å². The molecule has 212 valence electrons. The average Bonchev–Trinajstić information content (AvgIpc) is 3.69. The maximum Gasteiger partial charge on any atom is 0.159 e. The first kappa shape index (κ1) is 25.8. The number of anilines is 3. The zero-order valence-corrected chi connectivity index (χ0v) is 25.2. The highest BCUT2D eigenvalue weighted by molar-refractivity contribution is 7.26. The molecule has 45 heavy (non-hydrogen) atoms. The molecule has 0 saturated carbocycles. The second kappa shape index (κ2) is 10.5. The molecule has 0 bridgehead atoms. The fraction of sp³-hybridized carbons (Fsp3) is 0. The van der Waals surface area contributed by atoms with Crippen LogP contribution in [-0.4, -0.2) is 0 Å². The van der Waals surface area contributed by atoms with Gasteiger partial charge in [0.05, 0.1) is 16.1 Å². The Hall–Kier alpha value is -5.64. The van der Waals surface area contributed by atoms with Gasteiger partial charge in [-0.3, -0.25) is 0 Å². The predicted molar refractivity (Wildman–Crippen MR) is 192 cm³/mol. The molecule has 7 aromatic carbocycles. The largest absolute Gasteiger partial charge is 0.454 e. The number of hydrogen-bond acceptors (Lipinski definition) is 3. The summed E-state index contributed by atoms with van der Waals surface area (Å²) in [5.41, 5.74) is 9.85. The SMILES string of the molecule is c1ccc(-c2ccc(N(c3cccc4c3oc3ccccc34)c3ccc(-c4ccccc4)c4c3sc3ccccc34)cc2)cc1. The third-order valence-electron chi connectivity index (χ3n) is 8.69. The molecule has 0 amide bonds. The van der Waals surface area contributed by atoms with Gasteiger partial charge in [-0.25, -0.2) is 0 Å². The van der Waals surface area contributed by atoms with Gasteiger partial charge in [0.15, 0.2) is 5.58 Å². The van der Waals surface area contributed by atoms with E-state index in [1.165, 1.54) is 42.4 Å². The molecule has 0 unspecified atom stereocenters. The first-order chi connectivity index (χ1) is 22.3. The molecular formula is C42H27NOS. The van der Waals surface area contributed by atoms with Crippen molar-refractivity contribution in [2.45, 2.75) is 0 Å². The maximum absolute atomic E-state index is 6.63. The minimum Gasteiger partial charge on any atom is -0.454 e. The van der Waals surface area contributed by atoms with Gasteiger partial charge in [0.2, 0.25) is 0 Å². The lowest BCUT2D eigenvalue weighted by molar-refractivity contribution is 0.669. The quantitative estimate of drug-likeness (QED) is 0.197. The lowest BCUT2D eigenvalue weighted by Gasteiger charge is -2.27. The zero-order valence-electron chi connectivity index (χ0n) is 24.4. The minimum absolute atomic E-state index is 0.882. The van der Waals surface area contributed by atoms with Crippen molar-refractivity contribution in [2.24, 2.45) is 0 Å². The molecule has 0 aliphatic heterocycles. The number of nitrogens with zero attached hydrogens (tertiary/aromatic N) is 1. The number of benzene rings is 7. The zero-order chi connectivity index (χ0) is 29.7. The summed E-state index contributed by atoms with van der Waals surface area (Å²) in [6.45, 7) is 0. The van der Waals surface area contributed by atoms with Crippen LogP contribution in [-0.2, 0) is 0 Å². The van der Waals surface area contributed by atoms with Crippen molar-refractivity contribution < 1.29 is 4.42 Å². The second-order valence-corrected chi connectivity index (χ2v) is 12.4. The average molecular weight is 594 g/mol. The molecule has 0 N–H and O–H groups in total. The predicted octanol–water partition coefficient (Wildman–Crippen LogP) is 12.8. The van der Waals surface area contributed by atoms with Gasteiger partial charge in [-0.15, -0.1) is 11.3 Å². The fourth-order valence-electron chi connectivity index (χ4n) is 6.60. The van der Waals surface area contributed by atoms with Gasteiger partial charge >= 0.3 is 0 Å². The Morgan fingerprint density at radius 2 is 1.09 bits per heavy atom. The van der Waals surface area contributed by atoms with Crippen LogP contribution in [0.1, 0.15) is 0 Å². The van der Waals surface area contributed by atoms with Gasteiger partial charge in [-0.2, -0.15) is 0 Å². The van der Waals surface area contributed by atoms with E-state index in [1.807, 2.05) is 17.4 Å². The Bertz CT molecular complexity index is 2470. The minimum atomic E-state index is 0.882. The van der Waals surface area contributed by atoms with Crippen molar-refractivity contribution in [3.63, 3.8) is 0 Å². The van der Waals surface area contributed by atoms with Gasteiger partial charge in [0.1, 0.15) is 5.58 Å². The summed E-state index contributed by atoms with van der Waals surface area (Å²) in [7, 11) is 0. The van der Waals surface area contributed by atoms with E-state index in [0.29, 0.717) is 0 Å². The van der Waals surface area contributed by atoms with Crippen molar-refractivity contribution in [1.29, 1.82) is 0 Å². The highest BCUT2D eigenvalue weighted by Crippen LogP contribution is 2.50. The molecule has 0 aliphatic rings. The number of thiophene rings is 1. The van der Waals surface area contributed by atoms with Gasteiger partial charge < -0.3 is 9.32 Å². The van der Waals surface area contributed by atoms with Gasteiger partial charge in [0.25, 0.3) is 0 Å². The van der Waals surface area contributed by atoms with Crippen LogP contribution in [0.5, 0.6) is 0 Å². The number of para-hydroxylation sites is 2. The molecule has 0 saturated heterocycles. The normalized spacial score (nSPS) is 11.6. The number of rotatable bonds is 5. The second-order valence-electron chi connectivity index (χ2n) is 11.3. The Balaban J connectivity index is 1.34. The summed E-state index contributed by atoms with van der Waals surface area (Å²) in [6, 6.07) is 58.3. The Morgan fingerprint density at radius 1 is 0.444 bits per heavy atom. The first-order valence-electron chi connectivity index (χ1n) is 15.2. The van der Waals surface area contributed by atoms with Crippen LogP contribution in [0.15, 0.2) is 168 Å². The van der Waals surface area contributed by atoms with Gasteiger partial charge in [0, 0.05) is 31.9 Å². The van der Waals surface area contributed by atoms with Crippen LogP contribution in [0.2, 0.25) is 0 Å². The standard InChI is InChI=1S/C42H27NOS/c1-3-12-28(13-4-1)29-22-24-31(25-23-29)43(36-19-11-18-34-33-16-7-9-20-38(33)44-41(34)36)37-27-26-32(30-14-5-2-6-15-30)40-35-17-8-10-21-39(35)45-42(37)40/h1-27H. The van der Waals surface area contributed by atoms with Crippen LogP contribution in [0.25, 0.3) is 64.4 Å². The molecule has 2 heterocycles. The Labute approximate surface area is 265 Å². The molecule has 0 fully saturated rings. The van der Waals surface area contributed by atoms with Gasteiger partial charge in [-0.05, 0) is 58.7 Å². The van der Waals surface area contributed by atoms with Gasteiger partial charge in [-0.1, -0.05) is 127 Å². The van der Waals surface area contributed by atoms with E-state index < -0.39 is 0 Å². The molecule has 3 heteroatoms. The molecule has 2 aromatic heterocycles. The molecule has 2 nitrogen and oxygen atoms in total. The molecular weight excluding hydrogens is 567 g/mol. The van der Waals surface area contributed by atoms with Crippen LogP contribution in [0, 0.1) is 0 Å². The summed E-state index contributed by atoms with van der Waals surface area (Å²) in [6.07, 6.45) is 0. The number of fused-ring (bicyclic) bond motifs is 6. The van der Waals surface area contributed by atoms with Crippen molar-refractivity contribution in [3.8, 4) is 22.3 Å². The van der Waals surface area contributed by atoms with E-state index in [-0.39, 0.29) is 0 Å².